The Labute approximate surface area is 126 Å². The lowest BCUT2D eigenvalue weighted by atomic mass is 10.1. The van der Waals surface area contributed by atoms with Crippen molar-refractivity contribution in [1.29, 1.82) is 0 Å². The number of nitrogens with one attached hydrogen (secondary N) is 1. The van der Waals surface area contributed by atoms with E-state index in [4.69, 9.17) is 17.3 Å². The van der Waals surface area contributed by atoms with E-state index in [9.17, 15) is 0 Å². The largest absolute Gasteiger partial charge is 0.398 e. The van der Waals surface area contributed by atoms with Crippen molar-refractivity contribution >= 4 is 23.0 Å². The van der Waals surface area contributed by atoms with Crippen LogP contribution in [0.15, 0.2) is 42.5 Å². The zero-order valence-corrected chi connectivity index (χ0v) is 12.7. The maximum Gasteiger partial charge on any atom is 0.0656 e. The third-order valence-corrected chi connectivity index (χ3v) is 3.78. The Balaban J connectivity index is 1.95. The monoisotopic (exact) mass is 288 g/mol. The minimum Gasteiger partial charge on any atom is -0.398 e. The summed E-state index contributed by atoms with van der Waals surface area (Å²) in [5, 5.41) is 4.11. The van der Waals surface area contributed by atoms with Gasteiger partial charge in [-0.05, 0) is 49.9 Å². The summed E-state index contributed by atoms with van der Waals surface area (Å²) in [6.45, 7) is 4.23. The second kappa shape index (κ2) is 6.67. The van der Waals surface area contributed by atoms with Crippen molar-refractivity contribution < 1.29 is 0 Å². The molecule has 3 heteroatoms. The molecule has 2 aromatic carbocycles. The lowest BCUT2D eigenvalue weighted by Gasteiger charge is -2.18. The molecule has 1 atom stereocenters. The summed E-state index contributed by atoms with van der Waals surface area (Å²) in [6, 6.07) is 14.7. The quantitative estimate of drug-likeness (QED) is 0.785. The van der Waals surface area contributed by atoms with E-state index in [1.54, 1.807) is 0 Å². The first-order valence-corrected chi connectivity index (χ1v) is 7.30. The first-order chi connectivity index (χ1) is 9.56. The summed E-state index contributed by atoms with van der Waals surface area (Å²) < 4.78 is 0. The normalized spacial score (nSPS) is 12.2. The fraction of sp³-hybridized carbons (Fsp3) is 0.294. The average Bonchev–Trinajstić information content (AvgIpc) is 2.44. The van der Waals surface area contributed by atoms with Gasteiger partial charge in [-0.25, -0.2) is 0 Å². The maximum atomic E-state index is 6.08. The van der Waals surface area contributed by atoms with Gasteiger partial charge in [0.1, 0.15) is 0 Å². The van der Waals surface area contributed by atoms with Gasteiger partial charge >= 0.3 is 0 Å². The molecule has 0 saturated carbocycles. The van der Waals surface area contributed by atoms with Gasteiger partial charge in [0.2, 0.25) is 0 Å². The predicted molar refractivity (Wildman–Crippen MR) is 88.4 cm³/mol. The van der Waals surface area contributed by atoms with Crippen LogP contribution in [-0.2, 0) is 6.42 Å². The molecule has 20 heavy (non-hydrogen) atoms. The van der Waals surface area contributed by atoms with Gasteiger partial charge in [-0.1, -0.05) is 41.9 Å². The standard InChI is InChI=1S/C17H21ClN2/c1-12-10-16(19)15(18)11-17(12)20-13(2)8-9-14-6-4-3-5-7-14/h3-7,10-11,13,20H,8-9,19H2,1-2H3. The zero-order valence-electron chi connectivity index (χ0n) is 12.0. The van der Waals surface area contributed by atoms with Gasteiger partial charge < -0.3 is 11.1 Å². The fourth-order valence-electron chi connectivity index (χ4n) is 2.22. The third-order valence-electron chi connectivity index (χ3n) is 3.45. The minimum absolute atomic E-state index is 0.383. The Hall–Kier alpha value is -1.67. The molecule has 2 aromatic rings. The molecule has 0 spiro atoms. The van der Waals surface area contributed by atoms with Crippen LogP contribution in [0.5, 0.6) is 0 Å². The fourth-order valence-corrected chi connectivity index (χ4v) is 2.39. The second-order valence-corrected chi connectivity index (χ2v) is 5.67. The van der Waals surface area contributed by atoms with E-state index >= 15 is 0 Å². The van der Waals surface area contributed by atoms with Crippen molar-refractivity contribution in [1.82, 2.24) is 0 Å². The molecule has 1 unspecified atom stereocenters. The van der Waals surface area contributed by atoms with Crippen molar-refractivity contribution in [3.63, 3.8) is 0 Å². The summed E-state index contributed by atoms with van der Waals surface area (Å²) in [6.07, 6.45) is 2.14. The highest BCUT2D eigenvalue weighted by Gasteiger charge is 2.07. The first kappa shape index (κ1) is 14.7. The first-order valence-electron chi connectivity index (χ1n) is 6.92. The Morgan fingerprint density at radius 1 is 1.20 bits per heavy atom. The van der Waals surface area contributed by atoms with E-state index in [2.05, 4.69) is 36.5 Å². The molecule has 0 aliphatic rings. The number of halogens is 1. The second-order valence-electron chi connectivity index (χ2n) is 5.26. The molecule has 0 amide bonds. The molecule has 0 aromatic heterocycles. The number of hydrogen-bond acceptors (Lipinski definition) is 2. The van der Waals surface area contributed by atoms with Crippen LogP contribution in [-0.4, -0.2) is 6.04 Å². The Bertz CT molecular complexity index is 567. The van der Waals surface area contributed by atoms with Crippen molar-refractivity contribution in [2.24, 2.45) is 0 Å². The van der Waals surface area contributed by atoms with Gasteiger partial charge in [0.25, 0.3) is 0 Å². The van der Waals surface area contributed by atoms with Crippen LogP contribution >= 0.6 is 11.6 Å². The van der Waals surface area contributed by atoms with Crippen molar-refractivity contribution in [3.8, 4) is 0 Å². The van der Waals surface area contributed by atoms with Crippen LogP contribution in [0.25, 0.3) is 0 Å². The summed E-state index contributed by atoms with van der Waals surface area (Å²) in [7, 11) is 0. The van der Waals surface area contributed by atoms with Crippen LogP contribution in [0.2, 0.25) is 5.02 Å². The van der Waals surface area contributed by atoms with Crippen molar-refractivity contribution in [2.45, 2.75) is 32.7 Å². The highest BCUT2D eigenvalue weighted by molar-refractivity contribution is 6.33. The van der Waals surface area contributed by atoms with Crippen LogP contribution in [0.4, 0.5) is 11.4 Å². The number of nitrogens with two attached hydrogens (primary N) is 1. The molecule has 0 aliphatic heterocycles. The predicted octanol–water partition coefficient (Wildman–Crippen LogP) is 4.66. The van der Waals surface area contributed by atoms with E-state index in [0.29, 0.717) is 16.8 Å². The van der Waals surface area contributed by atoms with Crippen LogP contribution < -0.4 is 11.1 Å². The van der Waals surface area contributed by atoms with Gasteiger partial charge in [-0.3, -0.25) is 0 Å². The Morgan fingerprint density at radius 3 is 2.60 bits per heavy atom. The van der Waals surface area contributed by atoms with Crippen LogP contribution in [0, 0.1) is 6.92 Å². The molecule has 3 N–H and O–H groups in total. The molecule has 0 heterocycles. The SMILES string of the molecule is Cc1cc(N)c(Cl)cc1NC(C)CCc1ccccc1. The summed E-state index contributed by atoms with van der Waals surface area (Å²) in [5.41, 5.74) is 9.98. The average molecular weight is 289 g/mol. The number of hydrogen-bond donors (Lipinski definition) is 2. The van der Waals surface area contributed by atoms with E-state index in [0.717, 1.165) is 24.1 Å². The molecule has 0 radical (unpaired) electrons. The van der Waals surface area contributed by atoms with Gasteiger partial charge in [-0.2, -0.15) is 0 Å². The van der Waals surface area contributed by atoms with Gasteiger partial charge in [0.15, 0.2) is 0 Å². The number of rotatable bonds is 5. The molecule has 2 nitrogen and oxygen atoms in total. The lowest BCUT2D eigenvalue weighted by molar-refractivity contribution is 0.705. The highest BCUT2D eigenvalue weighted by atomic mass is 35.5. The van der Waals surface area contributed by atoms with E-state index in [1.165, 1.54) is 5.56 Å². The summed E-state index contributed by atoms with van der Waals surface area (Å²) >= 11 is 6.08. The number of anilines is 2. The molecule has 0 saturated heterocycles. The zero-order chi connectivity index (χ0) is 14.5. The van der Waals surface area contributed by atoms with E-state index in [-0.39, 0.29) is 0 Å². The number of aryl methyl sites for hydroxylation is 2. The molecule has 106 valence electrons. The van der Waals surface area contributed by atoms with Gasteiger partial charge in [-0.15, -0.1) is 0 Å². The smallest absolute Gasteiger partial charge is 0.0656 e. The number of nitrogen functional groups attached to an aromatic ring is 1. The highest BCUT2D eigenvalue weighted by Crippen LogP contribution is 2.27. The lowest BCUT2D eigenvalue weighted by Crippen LogP contribution is -2.16. The Kier molecular flexibility index (Phi) is 4.91. The molecular formula is C17H21ClN2. The van der Waals surface area contributed by atoms with Crippen LogP contribution in [0.1, 0.15) is 24.5 Å². The van der Waals surface area contributed by atoms with E-state index in [1.807, 2.05) is 25.1 Å². The van der Waals surface area contributed by atoms with Crippen molar-refractivity contribution in [3.05, 3.63) is 58.6 Å². The third kappa shape index (κ3) is 3.91. The van der Waals surface area contributed by atoms with Crippen LogP contribution in [0.3, 0.4) is 0 Å². The van der Waals surface area contributed by atoms with Crippen molar-refractivity contribution in [2.75, 3.05) is 11.1 Å². The molecule has 0 aliphatic carbocycles. The number of benzene rings is 2. The molecule has 0 fully saturated rings. The summed E-state index contributed by atoms with van der Waals surface area (Å²) in [4.78, 5) is 0. The minimum atomic E-state index is 0.383. The van der Waals surface area contributed by atoms with Gasteiger partial charge in [0.05, 0.1) is 10.7 Å². The van der Waals surface area contributed by atoms with E-state index < -0.39 is 0 Å². The molecule has 2 rings (SSSR count). The maximum absolute atomic E-state index is 6.08. The van der Waals surface area contributed by atoms with Gasteiger partial charge in [0, 0.05) is 11.7 Å². The summed E-state index contributed by atoms with van der Waals surface area (Å²) in [5.74, 6) is 0. The Morgan fingerprint density at radius 2 is 1.90 bits per heavy atom. The molecular weight excluding hydrogens is 268 g/mol. The topological polar surface area (TPSA) is 38.0 Å². The molecule has 0 bridgehead atoms.